The van der Waals surface area contributed by atoms with Crippen molar-refractivity contribution < 1.29 is 4.74 Å². The van der Waals surface area contributed by atoms with Crippen molar-refractivity contribution in [3.8, 4) is 0 Å². The predicted octanol–water partition coefficient (Wildman–Crippen LogP) is 3.36. The Bertz CT molecular complexity index is 153. The van der Waals surface area contributed by atoms with Gasteiger partial charge >= 0.3 is 0 Å². The lowest BCUT2D eigenvalue weighted by molar-refractivity contribution is 0.132. The fraction of sp³-hybridized carbons (Fsp3) is 1.00. The Hall–Kier alpha value is -0.0800. The molecule has 0 amide bonds. The molecular weight excluding hydrogens is 198 g/mol. The molecule has 1 fully saturated rings. The van der Waals surface area contributed by atoms with Crippen LogP contribution in [-0.2, 0) is 4.74 Å². The van der Waals surface area contributed by atoms with Crippen LogP contribution < -0.4 is 5.32 Å². The van der Waals surface area contributed by atoms with E-state index in [-0.39, 0.29) is 0 Å². The molecule has 96 valence electrons. The predicted molar refractivity (Wildman–Crippen MR) is 69.8 cm³/mol. The number of nitrogens with one attached hydrogen (secondary N) is 1. The number of hydrogen-bond acceptors (Lipinski definition) is 2. The lowest BCUT2D eigenvalue weighted by atomic mass is 9.93. The summed E-state index contributed by atoms with van der Waals surface area (Å²) in [5.74, 6) is 0.897. The van der Waals surface area contributed by atoms with Gasteiger partial charge in [-0.05, 0) is 32.1 Å². The smallest absolute Gasteiger partial charge is 0.0590 e. The Morgan fingerprint density at radius 2 is 1.81 bits per heavy atom. The van der Waals surface area contributed by atoms with E-state index in [1.54, 1.807) is 0 Å². The van der Waals surface area contributed by atoms with Crippen molar-refractivity contribution in [1.82, 2.24) is 5.32 Å². The zero-order valence-electron chi connectivity index (χ0n) is 11.1. The summed E-state index contributed by atoms with van der Waals surface area (Å²) in [7, 11) is 0. The van der Waals surface area contributed by atoms with Crippen molar-refractivity contribution in [3.05, 3.63) is 0 Å². The topological polar surface area (TPSA) is 21.3 Å². The first-order valence-electron chi connectivity index (χ1n) is 7.15. The molecule has 1 aliphatic carbocycles. The molecule has 0 bridgehead atoms. The molecule has 1 N–H and O–H groups in total. The van der Waals surface area contributed by atoms with Crippen LogP contribution in [0.1, 0.15) is 58.8 Å². The molecule has 0 aromatic rings. The first-order chi connectivity index (χ1) is 7.84. The van der Waals surface area contributed by atoms with Crippen molar-refractivity contribution in [3.63, 3.8) is 0 Å². The number of ether oxygens (including phenoxy) is 1. The van der Waals surface area contributed by atoms with Crippen molar-refractivity contribution in [2.45, 2.75) is 64.8 Å². The number of hydrogen-bond donors (Lipinski definition) is 1. The third kappa shape index (κ3) is 5.86. The van der Waals surface area contributed by atoms with Gasteiger partial charge in [0.2, 0.25) is 0 Å². The minimum absolute atomic E-state index is 0.670. The average molecular weight is 227 g/mol. The van der Waals surface area contributed by atoms with Crippen LogP contribution in [0.5, 0.6) is 0 Å². The number of rotatable bonds is 7. The lowest BCUT2D eigenvalue weighted by Crippen LogP contribution is -2.35. The largest absolute Gasteiger partial charge is 0.380 e. The standard InChI is InChI=1S/C14H29NO/c1-3-11-16-12-10-15-13(2)14-8-6-4-5-7-9-14/h13-15H,3-12H2,1-2H3/t13-/m1/s1. The quantitative estimate of drug-likeness (QED) is 0.532. The van der Waals surface area contributed by atoms with E-state index in [4.69, 9.17) is 4.74 Å². The molecule has 0 spiro atoms. The van der Waals surface area contributed by atoms with Gasteiger partial charge in [-0.1, -0.05) is 32.6 Å². The summed E-state index contributed by atoms with van der Waals surface area (Å²) in [6.07, 6.45) is 9.73. The second-order valence-corrected chi connectivity index (χ2v) is 5.11. The van der Waals surface area contributed by atoms with Gasteiger partial charge in [0.05, 0.1) is 6.61 Å². The molecule has 0 saturated heterocycles. The van der Waals surface area contributed by atoms with Gasteiger partial charge in [0.25, 0.3) is 0 Å². The first kappa shape index (κ1) is 14.0. The van der Waals surface area contributed by atoms with E-state index in [9.17, 15) is 0 Å². The molecule has 0 unspecified atom stereocenters. The summed E-state index contributed by atoms with van der Waals surface area (Å²) < 4.78 is 5.48. The maximum absolute atomic E-state index is 5.48. The van der Waals surface area contributed by atoms with Crippen LogP contribution in [0.15, 0.2) is 0 Å². The van der Waals surface area contributed by atoms with Crippen LogP contribution in [0, 0.1) is 5.92 Å². The minimum atomic E-state index is 0.670. The van der Waals surface area contributed by atoms with E-state index in [0.717, 1.165) is 32.1 Å². The second kappa shape index (κ2) is 9.00. The van der Waals surface area contributed by atoms with Gasteiger partial charge in [-0.3, -0.25) is 0 Å². The van der Waals surface area contributed by atoms with E-state index in [1.807, 2.05) is 0 Å². The molecular formula is C14H29NO. The van der Waals surface area contributed by atoms with Gasteiger partial charge in [-0.2, -0.15) is 0 Å². The Labute approximate surface area is 101 Å². The molecule has 2 nitrogen and oxygen atoms in total. The zero-order valence-corrected chi connectivity index (χ0v) is 11.1. The van der Waals surface area contributed by atoms with E-state index in [2.05, 4.69) is 19.2 Å². The highest BCUT2D eigenvalue weighted by molar-refractivity contribution is 4.74. The monoisotopic (exact) mass is 227 g/mol. The van der Waals surface area contributed by atoms with Crippen LogP contribution in [0.4, 0.5) is 0 Å². The van der Waals surface area contributed by atoms with Crippen LogP contribution in [-0.4, -0.2) is 25.8 Å². The molecule has 1 rings (SSSR count). The highest BCUT2D eigenvalue weighted by Crippen LogP contribution is 2.25. The van der Waals surface area contributed by atoms with Gasteiger partial charge in [-0.25, -0.2) is 0 Å². The molecule has 0 radical (unpaired) electrons. The summed E-state index contributed by atoms with van der Waals surface area (Å²) in [4.78, 5) is 0. The fourth-order valence-electron chi connectivity index (χ4n) is 2.58. The molecule has 16 heavy (non-hydrogen) atoms. The molecule has 1 atom stereocenters. The maximum Gasteiger partial charge on any atom is 0.0590 e. The SMILES string of the molecule is CCCOCCN[C@H](C)C1CCCCCC1. The van der Waals surface area contributed by atoms with E-state index < -0.39 is 0 Å². The molecule has 0 aromatic carbocycles. The summed E-state index contributed by atoms with van der Waals surface area (Å²) in [6.45, 7) is 7.28. The molecule has 0 heterocycles. The Morgan fingerprint density at radius 1 is 1.12 bits per heavy atom. The van der Waals surface area contributed by atoms with Crippen LogP contribution in [0.25, 0.3) is 0 Å². The van der Waals surface area contributed by atoms with Gasteiger partial charge in [0.1, 0.15) is 0 Å². The molecule has 0 aliphatic heterocycles. The van der Waals surface area contributed by atoms with Gasteiger partial charge in [0, 0.05) is 19.2 Å². The first-order valence-corrected chi connectivity index (χ1v) is 7.15. The van der Waals surface area contributed by atoms with E-state index in [1.165, 1.54) is 38.5 Å². The van der Waals surface area contributed by atoms with Crippen molar-refractivity contribution >= 4 is 0 Å². The molecule has 1 saturated carbocycles. The highest BCUT2D eigenvalue weighted by Gasteiger charge is 2.18. The average Bonchev–Trinajstić information content (AvgIpc) is 2.57. The normalized spacial score (nSPS) is 20.6. The minimum Gasteiger partial charge on any atom is -0.380 e. The van der Waals surface area contributed by atoms with Crippen molar-refractivity contribution in [1.29, 1.82) is 0 Å². The summed E-state index contributed by atoms with van der Waals surface area (Å²) in [5.41, 5.74) is 0. The molecule has 0 aromatic heterocycles. The maximum atomic E-state index is 5.48. The second-order valence-electron chi connectivity index (χ2n) is 5.11. The molecule has 1 aliphatic rings. The van der Waals surface area contributed by atoms with Gasteiger partial charge in [-0.15, -0.1) is 0 Å². The van der Waals surface area contributed by atoms with Crippen LogP contribution in [0.2, 0.25) is 0 Å². The summed E-state index contributed by atoms with van der Waals surface area (Å²) in [5, 5.41) is 3.61. The lowest BCUT2D eigenvalue weighted by Gasteiger charge is -2.23. The van der Waals surface area contributed by atoms with Crippen molar-refractivity contribution in [2.24, 2.45) is 5.92 Å². The van der Waals surface area contributed by atoms with E-state index in [0.29, 0.717) is 6.04 Å². The summed E-state index contributed by atoms with van der Waals surface area (Å²) >= 11 is 0. The third-order valence-electron chi connectivity index (χ3n) is 3.67. The van der Waals surface area contributed by atoms with E-state index >= 15 is 0 Å². The fourth-order valence-corrected chi connectivity index (χ4v) is 2.58. The van der Waals surface area contributed by atoms with Crippen LogP contribution in [0.3, 0.4) is 0 Å². The zero-order chi connectivity index (χ0) is 11.6. The Morgan fingerprint density at radius 3 is 2.44 bits per heavy atom. The Kier molecular flexibility index (Phi) is 7.87. The van der Waals surface area contributed by atoms with Gasteiger partial charge in [0.15, 0.2) is 0 Å². The molecule has 2 heteroatoms. The van der Waals surface area contributed by atoms with Gasteiger partial charge < -0.3 is 10.1 Å². The Balaban J connectivity index is 2.05. The highest BCUT2D eigenvalue weighted by atomic mass is 16.5. The summed E-state index contributed by atoms with van der Waals surface area (Å²) in [6, 6.07) is 0.670. The van der Waals surface area contributed by atoms with Crippen molar-refractivity contribution in [2.75, 3.05) is 19.8 Å². The van der Waals surface area contributed by atoms with Crippen LogP contribution >= 0.6 is 0 Å². The third-order valence-corrected chi connectivity index (χ3v) is 3.67.